The molecule has 1 aromatic carbocycles. The molecule has 3 rings (SSSR count). The third kappa shape index (κ3) is 1.80. The third-order valence-corrected chi connectivity index (χ3v) is 2.86. The first-order valence-corrected chi connectivity index (χ1v) is 5.74. The molecule has 0 radical (unpaired) electrons. The van der Waals surface area contributed by atoms with Crippen molar-refractivity contribution >= 4 is 0 Å². The van der Waals surface area contributed by atoms with Gasteiger partial charge in [0.2, 0.25) is 17.5 Å². The largest absolute Gasteiger partial charge is 0.462 e. The Morgan fingerprint density at radius 2 is 1.89 bits per heavy atom. The Balaban J connectivity index is 2.01. The fourth-order valence-electron chi connectivity index (χ4n) is 1.96. The van der Waals surface area contributed by atoms with Gasteiger partial charge in [0.05, 0.1) is 6.26 Å². The van der Waals surface area contributed by atoms with Crippen LogP contribution in [-0.4, -0.2) is 0 Å². The Kier molecular flexibility index (Phi) is 2.64. The Morgan fingerprint density at radius 3 is 2.67 bits per heavy atom. The molecule has 2 heterocycles. The van der Waals surface area contributed by atoms with Gasteiger partial charge in [0.15, 0.2) is 5.76 Å². The molecule has 4 heteroatoms. The van der Waals surface area contributed by atoms with Crippen LogP contribution in [0.25, 0.3) is 0 Å². The minimum atomic E-state index is -0.570. The van der Waals surface area contributed by atoms with E-state index in [1.54, 1.807) is 0 Å². The highest BCUT2D eigenvalue weighted by Crippen LogP contribution is 2.37. The fraction of sp³-hybridized carbons (Fsp3) is 0.214. The average molecular weight is 244 g/mol. The molecular formula is C14H12O4. The van der Waals surface area contributed by atoms with E-state index in [9.17, 15) is 4.79 Å². The smallest absolute Gasteiger partial charge is 0.227 e. The van der Waals surface area contributed by atoms with Crippen LogP contribution in [-0.2, 0) is 4.74 Å². The molecule has 0 spiro atoms. The Labute approximate surface area is 104 Å². The van der Waals surface area contributed by atoms with Gasteiger partial charge in [0.25, 0.3) is 0 Å². The molecule has 18 heavy (non-hydrogen) atoms. The van der Waals surface area contributed by atoms with Gasteiger partial charge in [-0.25, -0.2) is 0 Å². The molecule has 2 atom stereocenters. The molecule has 1 aliphatic rings. The van der Waals surface area contributed by atoms with Gasteiger partial charge in [0.1, 0.15) is 6.10 Å². The molecule has 0 bridgehead atoms. The van der Waals surface area contributed by atoms with Crippen LogP contribution in [0.4, 0.5) is 0 Å². The quantitative estimate of drug-likeness (QED) is 0.774. The van der Waals surface area contributed by atoms with Crippen molar-refractivity contribution in [2.24, 2.45) is 0 Å². The zero-order valence-electron chi connectivity index (χ0n) is 9.83. The molecule has 0 saturated carbocycles. The van der Waals surface area contributed by atoms with Crippen molar-refractivity contribution in [3.8, 4) is 5.75 Å². The number of ether oxygens (including phenoxy) is 2. The molecule has 0 fully saturated rings. The first-order valence-electron chi connectivity index (χ1n) is 5.74. The Bertz CT molecular complexity index is 603. The highest BCUT2D eigenvalue weighted by atomic mass is 16.7. The van der Waals surface area contributed by atoms with Gasteiger partial charge in [0, 0.05) is 11.6 Å². The number of rotatable bonds is 1. The van der Waals surface area contributed by atoms with Crippen LogP contribution in [0.5, 0.6) is 5.75 Å². The second-order valence-corrected chi connectivity index (χ2v) is 4.12. The summed E-state index contributed by atoms with van der Waals surface area (Å²) in [5.74, 6) is 0.680. The second-order valence-electron chi connectivity index (χ2n) is 4.12. The summed E-state index contributed by atoms with van der Waals surface area (Å²) >= 11 is 0. The van der Waals surface area contributed by atoms with Gasteiger partial charge in [-0.3, -0.25) is 4.79 Å². The fourth-order valence-corrected chi connectivity index (χ4v) is 1.96. The number of benzene rings is 1. The van der Waals surface area contributed by atoms with Crippen molar-refractivity contribution in [3.63, 3.8) is 0 Å². The molecule has 2 aromatic rings. The maximum Gasteiger partial charge on any atom is 0.227 e. The van der Waals surface area contributed by atoms with Crippen LogP contribution in [0.1, 0.15) is 30.6 Å². The van der Waals surface area contributed by atoms with Gasteiger partial charge < -0.3 is 13.9 Å². The summed E-state index contributed by atoms with van der Waals surface area (Å²) in [7, 11) is 0. The molecule has 0 saturated heterocycles. The van der Waals surface area contributed by atoms with Crippen molar-refractivity contribution in [1.29, 1.82) is 0 Å². The van der Waals surface area contributed by atoms with E-state index in [1.807, 2.05) is 37.3 Å². The van der Waals surface area contributed by atoms with Crippen molar-refractivity contribution in [3.05, 3.63) is 64.2 Å². The number of hydrogen-bond acceptors (Lipinski definition) is 4. The van der Waals surface area contributed by atoms with E-state index in [0.717, 1.165) is 5.56 Å². The lowest BCUT2D eigenvalue weighted by Crippen LogP contribution is -2.24. The first-order chi connectivity index (χ1) is 8.75. The van der Waals surface area contributed by atoms with E-state index in [2.05, 4.69) is 0 Å². The molecule has 4 nitrogen and oxygen atoms in total. The summed E-state index contributed by atoms with van der Waals surface area (Å²) in [6.45, 7) is 1.83. The highest BCUT2D eigenvalue weighted by Gasteiger charge is 2.30. The predicted molar refractivity (Wildman–Crippen MR) is 64.3 cm³/mol. The molecule has 0 amide bonds. The topological polar surface area (TPSA) is 48.7 Å². The lowest BCUT2D eigenvalue weighted by Gasteiger charge is -2.28. The Hall–Kier alpha value is -2.07. The van der Waals surface area contributed by atoms with Crippen molar-refractivity contribution in [1.82, 2.24) is 0 Å². The van der Waals surface area contributed by atoms with Gasteiger partial charge >= 0.3 is 0 Å². The summed E-state index contributed by atoms with van der Waals surface area (Å²) in [6, 6.07) is 10.8. The Morgan fingerprint density at radius 1 is 1.11 bits per heavy atom. The molecule has 92 valence electrons. The molecule has 0 N–H and O–H groups in total. The third-order valence-electron chi connectivity index (χ3n) is 2.86. The molecule has 2 unspecified atom stereocenters. The second kappa shape index (κ2) is 4.31. The van der Waals surface area contributed by atoms with Crippen LogP contribution < -0.4 is 10.2 Å². The standard InChI is InChI=1S/C14H12O4/c1-9-12-13(11(15)7-8-16-12)18-14(17-9)10-5-3-2-4-6-10/h2-9,14H,1H3. The molecular weight excluding hydrogens is 232 g/mol. The van der Waals surface area contributed by atoms with Gasteiger partial charge in [-0.05, 0) is 6.92 Å². The minimum absolute atomic E-state index is 0.188. The summed E-state index contributed by atoms with van der Waals surface area (Å²) in [4.78, 5) is 11.7. The van der Waals surface area contributed by atoms with Crippen molar-refractivity contribution < 1.29 is 13.9 Å². The van der Waals surface area contributed by atoms with Crippen LogP contribution in [0.3, 0.4) is 0 Å². The average Bonchev–Trinajstić information content (AvgIpc) is 2.41. The number of hydrogen-bond donors (Lipinski definition) is 0. The molecule has 1 aliphatic heterocycles. The van der Waals surface area contributed by atoms with Gasteiger partial charge in [-0.2, -0.15) is 0 Å². The minimum Gasteiger partial charge on any atom is -0.462 e. The summed E-state index contributed by atoms with van der Waals surface area (Å²) in [6.07, 6.45) is 0.472. The van der Waals surface area contributed by atoms with Crippen molar-refractivity contribution in [2.45, 2.75) is 19.3 Å². The lowest BCUT2D eigenvalue weighted by molar-refractivity contribution is -0.148. The van der Waals surface area contributed by atoms with E-state index in [1.165, 1.54) is 12.3 Å². The monoisotopic (exact) mass is 244 g/mol. The van der Waals surface area contributed by atoms with Crippen LogP contribution in [0.15, 0.2) is 51.9 Å². The summed E-state index contributed by atoms with van der Waals surface area (Å²) in [5.41, 5.74) is 0.686. The highest BCUT2D eigenvalue weighted by molar-refractivity contribution is 5.29. The summed E-state index contributed by atoms with van der Waals surface area (Å²) < 4.78 is 16.6. The number of fused-ring (bicyclic) bond motifs is 1. The maximum atomic E-state index is 11.7. The zero-order valence-corrected chi connectivity index (χ0v) is 9.83. The van der Waals surface area contributed by atoms with Gasteiger partial charge in [-0.1, -0.05) is 30.3 Å². The van der Waals surface area contributed by atoms with E-state index in [0.29, 0.717) is 5.76 Å². The zero-order chi connectivity index (χ0) is 12.5. The van der Waals surface area contributed by atoms with Crippen LogP contribution in [0, 0.1) is 0 Å². The van der Waals surface area contributed by atoms with E-state index in [-0.39, 0.29) is 17.3 Å². The molecule has 1 aromatic heterocycles. The molecule has 0 aliphatic carbocycles. The van der Waals surface area contributed by atoms with Crippen molar-refractivity contribution in [2.75, 3.05) is 0 Å². The lowest BCUT2D eigenvalue weighted by atomic mass is 10.2. The predicted octanol–water partition coefficient (Wildman–Crippen LogP) is 2.81. The summed E-state index contributed by atoms with van der Waals surface area (Å²) in [5, 5.41) is 0. The van der Waals surface area contributed by atoms with E-state index in [4.69, 9.17) is 13.9 Å². The van der Waals surface area contributed by atoms with Crippen LogP contribution in [0.2, 0.25) is 0 Å². The maximum absolute atomic E-state index is 11.7. The first kappa shape index (κ1) is 11.0. The SMILES string of the molecule is CC1OC(c2ccccc2)Oc2c1occc2=O. The normalized spacial score (nSPS) is 22.1. The van der Waals surface area contributed by atoms with Gasteiger partial charge in [-0.15, -0.1) is 0 Å². The van der Waals surface area contributed by atoms with E-state index >= 15 is 0 Å². The van der Waals surface area contributed by atoms with E-state index < -0.39 is 6.29 Å². The van der Waals surface area contributed by atoms with Crippen LogP contribution >= 0.6 is 0 Å².